The van der Waals surface area contributed by atoms with E-state index in [0.717, 1.165) is 0 Å². The second kappa shape index (κ2) is 7.35. The molecule has 0 aliphatic rings. The maximum absolute atomic E-state index is 3.66. The van der Waals surface area contributed by atoms with Crippen LogP contribution in [0.1, 0.15) is 20.8 Å². The highest BCUT2D eigenvalue weighted by atomic mass is 13.8. The van der Waals surface area contributed by atoms with Gasteiger partial charge in [0.25, 0.3) is 0 Å². The Labute approximate surface area is 80.9 Å². The fourth-order valence-electron chi connectivity index (χ4n) is 1.05. The molecule has 13 heavy (non-hydrogen) atoms. The molecule has 1 rings (SSSR count). The van der Waals surface area contributed by atoms with E-state index in [4.69, 9.17) is 0 Å². The van der Waals surface area contributed by atoms with Crippen LogP contribution in [-0.4, -0.2) is 0 Å². The third-order valence-electron chi connectivity index (χ3n) is 1.60. The highest BCUT2D eigenvalue weighted by Gasteiger charge is 1.78. The molecular formula is C13H18. The predicted octanol–water partition coefficient (Wildman–Crippen LogP) is 2.48. The average Bonchev–Trinajstić information content (AvgIpc) is 2.22. The van der Waals surface area contributed by atoms with Crippen LogP contribution in [0.25, 0.3) is 12.2 Å². The first-order valence-corrected chi connectivity index (χ1v) is 4.72. The summed E-state index contributed by atoms with van der Waals surface area (Å²) in [5.41, 5.74) is 0. The first-order valence-electron chi connectivity index (χ1n) is 4.72. The summed E-state index contributed by atoms with van der Waals surface area (Å²) in [5.74, 6) is 0. The van der Waals surface area contributed by atoms with Crippen molar-refractivity contribution in [1.29, 1.82) is 0 Å². The topological polar surface area (TPSA) is 0 Å². The molecule has 0 atom stereocenters. The summed E-state index contributed by atoms with van der Waals surface area (Å²) < 4.78 is 0. The summed E-state index contributed by atoms with van der Waals surface area (Å²) in [6, 6.07) is 8.24. The van der Waals surface area contributed by atoms with E-state index >= 15 is 0 Å². The molecule has 0 radical (unpaired) electrons. The molecule has 0 aliphatic carbocycles. The largest absolute Gasteiger partial charge is 0.0990 e. The number of hydrogen-bond acceptors (Lipinski definition) is 0. The van der Waals surface area contributed by atoms with E-state index in [1.165, 1.54) is 10.4 Å². The van der Waals surface area contributed by atoms with Crippen LogP contribution in [0.2, 0.25) is 0 Å². The number of allylic oxidation sites excluding steroid dienone is 1. The molecule has 0 unspecified atom stereocenters. The summed E-state index contributed by atoms with van der Waals surface area (Å²) in [6.07, 6.45) is 5.91. The molecule has 0 heterocycles. The highest BCUT2D eigenvalue weighted by Crippen LogP contribution is 1.72. The van der Waals surface area contributed by atoms with Crippen LogP contribution in [0, 0.1) is 0 Å². The number of benzene rings is 1. The summed E-state index contributed by atoms with van der Waals surface area (Å²) in [5, 5.41) is 2.48. The van der Waals surface area contributed by atoms with Crippen molar-refractivity contribution in [2.75, 3.05) is 0 Å². The van der Waals surface area contributed by atoms with Gasteiger partial charge < -0.3 is 0 Å². The minimum atomic E-state index is 1.23. The lowest BCUT2D eigenvalue weighted by Gasteiger charge is -1.86. The average molecular weight is 174 g/mol. The zero-order chi connectivity index (χ0) is 10.1. The van der Waals surface area contributed by atoms with Crippen molar-refractivity contribution < 1.29 is 0 Å². The van der Waals surface area contributed by atoms with Crippen molar-refractivity contribution in [2.24, 2.45) is 0 Å². The first-order chi connectivity index (χ1) is 6.38. The summed E-state index contributed by atoms with van der Waals surface area (Å²) >= 11 is 0. The van der Waals surface area contributed by atoms with Crippen molar-refractivity contribution >= 4 is 12.2 Å². The second-order valence-electron chi connectivity index (χ2n) is 2.32. The maximum atomic E-state index is 3.66. The summed E-state index contributed by atoms with van der Waals surface area (Å²) in [4.78, 5) is 0. The first kappa shape index (κ1) is 11.7. The van der Waals surface area contributed by atoms with Crippen molar-refractivity contribution in [3.05, 3.63) is 47.4 Å². The molecule has 0 aliphatic heterocycles. The minimum absolute atomic E-state index is 1.23. The third kappa shape index (κ3) is 3.75. The van der Waals surface area contributed by atoms with Crippen LogP contribution in [0.4, 0.5) is 0 Å². The van der Waals surface area contributed by atoms with Crippen LogP contribution in [-0.2, 0) is 0 Å². The Morgan fingerprint density at radius 1 is 1.08 bits per heavy atom. The monoisotopic (exact) mass is 174 g/mol. The minimum Gasteiger partial charge on any atom is -0.0990 e. The highest BCUT2D eigenvalue weighted by molar-refractivity contribution is 5.37. The Morgan fingerprint density at radius 2 is 1.62 bits per heavy atom. The quantitative estimate of drug-likeness (QED) is 0.613. The third-order valence-corrected chi connectivity index (χ3v) is 1.60. The molecule has 0 spiro atoms. The molecule has 0 nitrogen and oxygen atoms in total. The Balaban J connectivity index is 0.000000671. The van der Waals surface area contributed by atoms with Crippen LogP contribution in [0.3, 0.4) is 0 Å². The van der Waals surface area contributed by atoms with E-state index < -0.39 is 0 Å². The van der Waals surface area contributed by atoms with E-state index in [2.05, 4.69) is 24.8 Å². The van der Waals surface area contributed by atoms with Crippen LogP contribution in [0.15, 0.2) is 36.9 Å². The van der Waals surface area contributed by atoms with Crippen molar-refractivity contribution in [3.8, 4) is 0 Å². The van der Waals surface area contributed by atoms with Crippen LogP contribution < -0.4 is 10.4 Å². The molecule has 0 saturated carbocycles. The Morgan fingerprint density at radius 3 is 2.08 bits per heavy atom. The summed E-state index contributed by atoms with van der Waals surface area (Å²) in [7, 11) is 0. The van der Waals surface area contributed by atoms with E-state index in [1.807, 2.05) is 45.1 Å². The Bertz CT molecular complexity index is 345. The van der Waals surface area contributed by atoms with Gasteiger partial charge >= 0.3 is 0 Å². The SMILES string of the molecule is C=C/C=c1/cccc/c1=C/C.CC. The van der Waals surface area contributed by atoms with Gasteiger partial charge in [0.15, 0.2) is 0 Å². The molecule has 0 amide bonds. The van der Waals surface area contributed by atoms with E-state index in [0.29, 0.717) is 0 Å². The van der Waals surface area contributed by atoms with Crippen molar-refractivity contribution in [3.63, 3.8) is 0 Å². The van der Waals surface area contributed by atoms with Crippen molar-refractivity contribution in [1.82, 2.24) is 0 Å². The molecule has 70 valence electrons. The van der Waals surface area contributed by atoms with Crippen LogP contribution >= 0.6 is 0 Å². The second-order valence-corrected chi connectivity index (χ2v) is 2.32. The van der Waals surface area contributed by atoms with Crippen LogP contribution in [0.5, 0.6) is 0 Å². The fraction of sp³-hybridized carbons (Fsp3) is 0.231. The van der Waals surface area contributed by atoms with Gasteiger partial charge in [0, 0.05) is 0 Å². The number of rotatable bonds is 1. The lowest BCUT2D eigenvalue weighted by Crippen LogP contribution is -2.22. The molecule has 0 fully saturated rings. The van der Waals surface area contributed by atoms with Gasteiger partial charge in [-0.25, -0.2) is 0 Å². The molecule has 0 N–H and O–H groups in total. The Hall–Kier alpha value is -1.30. The maximum Gasteiger partial charge on any atom is -0.0188 e. The smallest absolute Gasteiger partial charge is 0.0188 e. The molecule has 0 saturated heterocycles. The van der Waals surface area contributed by atoms with Gasteiger partial charge in [-0.1, -0.05) is 62.9 Å². The lowest BCUT2D eigenvalue weighted by atomic mass is 10.2. The Kier molecular flexibility index (Phi) is 6.62. The lowest BCUT2D eigenvalue weighted by molar-refractivity contribution is 1.50. The van der Waals surface area contributed by atoms with Gasteiger partial charge in [-0.3, -0.25) is 0 Å². The normalized spacial score (nSPS) is 11.9. The van der Waals surface area contributed by atoms with Gasteiger partial charge in [0.1, 0.15) is 0 Å². The summed E-state index contributed by atoms with van der Waals surface area (Å²) in [6.45, 7) is 9.70. The molecular weight excluding hydrogens is 156 g/mol. The fourth-order valence-corrected chi connectivity index (χ4v) is 1.05. The van der Waals surface area contributed by atoms with Gasteiger partial charge in [-0.2, -0.15) is 0 Å². The standard InChI is InChI=1S/C11H12.C2H6/c1-3-7-11-9-6-5-8-10(11)4-2;1-2/h3-9H,1H2,2H3;1-2H3/b10-4-,11-7-;. The molecule has 1 aromatic carbocycles. The van der Waals surface area contributed by atoms with Gasteiger partial charge in [-0.05, 0) is 17.4 Å². The van der Waals surface area contributed by atoms with Gasteiger partial charge in [-0.15, -0.1) is 0 Å². The van der Waals surface area contributed by atoms with Gasteiger partial charge in [0.2, 0.25) is 0 Å². The zero-order valence-electron chi connectivity index (χ0n) is 8.75. The molecule has 0 bridgehead atoms. The van der Waals surface area contributed by atoms with Crippen molar-refractivity contribution in [2.45, 2.75) is 20.8 Å². The van der Waals surface area contributed by atoms with E-state index in [9.17, 15) is 0 Å². The van der Waals surface area contributed by atoms with E-state index in [-0.39, 0.29) is 0 Å². The zero-order valence-corrected chi connectivity index (χ0v) is 8.75. The predicted molar refractivity (Wildman–Crippen MR) is 61.8 cm³/mol. The van der Waals surface area contributed by atoms with E-state index in [1.54, 1.807) is 0 Å². The molecule has 0 heteroatoms. The number of hydrogen-bond donors (Lipinski definition) is 0. The molecule has 1 aromatic rings. The van der Waals surface area contributed by atoms with Gasteiger partial charge in [0.05, 0.1) is 0 Å². The molecule has 0 aromatic heterocycles.